The number of carbonyl (C=O) groups excluding carboxylic acids is 1. The highest BCUT2D eigenvalue weighted by Crippen LogP contribution is 2.33. The maximum absolute atomic E-state index is 13.0. The van der Waals surface area contributed by atoms with Crippen LogP contribution in [-0.4, -0.2) is 37.0 Å². The molecule has 1 amide bonds. The van der Waals surface area contributed by atoms with Crippen molar-refractivity contribution >= 4 is 29.1 Å². The van der Waals surface area contributed by atoms with Gasteiger partial charge in [-0.05, 0) is 60.7 Å². The van der Waals surface area contributed by atoms with Gasteiger partial charge in [0.05, 0.1) is 0 Å². The predicted octanol–water partition coefficient (Wildman–Crippen LogP) is 3.18. The average Bonchev–Trinajstić information content (AvgIpc) is 3.00. The number of benzene rings is 2. The molecule has 1 heterocycles. The van der Waals surface area contributed by atoms with Gasteiger partial charge in [0.15, 0.2) is 0 Å². The van der Waals surface area contributed by atoms with Crippen molar-refractivity contribution < 1.29 is 4.79 Å². The number of aryl methyl sites for hydroxylation is 2. The largest absolute Gasteiger partial charge is 0.337 e. The van der Waals surface area contributed by atoms with Crippen LogP contribution in [0.1, 0.15) is 34.3 Å². The highest BCUT2D eigenvalue weighted by Gasteiger charge is 2.26. The van der Waals surface area contributed by atoms with E-state index < -0.39 is 0 Å². The fourth-order valence-electron chi connectivity index (χ4n) is 4.00. The van der Waals surface area contributed by atoms with Crippen LogP contribution in [0.4, 0.5) is 0 Å². The number of likely N-dealkylation sites (N-methyl/N-ethyl adjacent to an activating group) is 1. The summed E-state index contributed by atoms with van der Waals surface area (Å²) in [6, 6.07) is 11.0. The van der Waals surface area contributed by atoms with Gasteiger partial charge in [-0.2, -0.15) is 0 Å². The standard InChI is InChI=1S/C19H22N2O.ClH/c1-20-15-5-3-11-21(12-15)19(22)17-10-9-14-8-7-13-4-2-6-16(17)18(13)14;/h2,4,6,9-10,15,20H,3,5,7-8,11-12H2,1H3;1H. The summed E-state index contributed by atoms with van der Waals surface area (Å²) in [4.78, 5) is 15.0. The summed E-state index contributed by atoms with van der Waals surface area (Å²) in [6.45, 7) is 1.69. The molecule has 0 aromatic heterocycles. The first-order valence-electron chi connectivity index (χ1n) is 8.28. The molecule has 1 saturated heterocycles. The molecule has 0 radical (unpaired) electrons. The Morgan fingerprint density at radius 1 is 1.17 bits per heavy atom. The fourth-order valence-corrected chi connectivity index (χ4v) is 4.00. The molecule has 2 aromatic rings. The Hall–Kier alpha value is -1.58. The molecule has 122 valence electrons. The molecule has 23 heavy (non-hydrogen) atoms. The molecule has 1 aliphatic carbocycles. The summed E-state index contributed by atoms with van der Waals surface area (Å²) in [5.41, 5.74) is 3.67. The van der Waals surface area contributed by atoms with Crippen molar-refractivity contribution in [1.29, 1.82) is 0 Å². The molecule has 2 aliphatic rings. The number of carbonyl (C=O) groups is 1. The number of hydrogen-bond acceptors (Lipinski definition) is 2. The van der Waals surface area contributed by atoms with E-state index in [2.05, 4.69) is 29.6 Å². The molecule has 1 unspecified atom stereocenters. The monoisotopic (exact) mass is 330 g/mol. The maximum Gasteiger partial charge on any atom is 0.254 e. The zero-order valence-corrected chi connectivity index (χ0v) is 14.3. The van der Waals surface area contributed by atoms with Gasteiger partial charge in [0, 0.05) is 24.7 Å². The maximum atomic E-state index is 13.0. The minimum atomic E-state index is 0. The third kappa shape index (κ3) is 2.73. The molecule has 3 nitrogen and oxygen atoms in total. The van der Waals surface area contributed by atoms with Crippen LogP contribution in [-0.2, 0) is 12.8 Å². The fraction of sp³-hybridized carbons (Fsp3) is 0.421. The number of nitrogens with zero attached hydrogens (tertiary/aromatic N) is 1. The third-order valence-corrected chi connectivity index (χ3v) is 5.22. The molecule has 1 fully saturated rings. The third-order valence-electron chi connectivity index (χ3n) is 5.22. The van der Waals surface area contributed by atoms with Gasteiger partial charge in [-0.25, -0.2) is 0 Å². The van der Waals surface area contributed by atoms with Gasteiger partial charge in [-0.15, -0.1) is 12.4 Å². The first-order valence-corrected chi connectivity index (χ1v) is 8.28. The predicted molar refractivity (Wildman–Crippen MR) is 96.6 cm³/mol. The summed E-state index contributed by atoms with van der Waals surface area (Å²) in [5.74, 6) is 0.190. The molecular weight excluding hydrogens is 308 g/mol. The molecule has 0 spiro atoms. The molecule has 4 heteroatoms. The summed E-state index contributed by atoms with van der Waals surface area (Å²) in [5, 5.41) is 5.78. The Morgan fingerprint density at radius 2 is 1.96 bits per heavy atom. The van der Waals surface area contributed by atoms with E-state index >= 15 is 0 Å². The molecule has 2 aromatic carbocycles. The van der Waals surface area contributed by atoms with E-state index in [1.54, 1.807) is 0 Å². The molecule has 4 rings (SSSR count). The smallest absolute Gasteiger partial charge is 0.254 e. The van der Waals surface area contributed by atoms with Crippen LogP contribution in [0.3, 0.4) is 0 Å². The average molecular weight is 331 g/mol. The lowest BCUT2D eigenvalue weighted by molar-refractivity contribution is 0.0700. The molecule has 1 aliphatic heterocycles. The lowest BCUT2D eigenvalue weighted by atomic mass is 9.98. The summed E-state index contributed by atoms with van der Waals surface area (Å²) < 4.78 is 0. The summed E-state index contributed by atoms with van der Waals surface area (Å²) in [7, 11) is 1.98. The summed E-state index contributed by atoms with van der Waals surface area (Å²) >= 11 is 0. The van der Waals surface area contributed by atoms with Gasteiger partial charge in [-0.1, -0.05) is 24.3 Å². The summed E-state index contributed by atoms with van der Waals surface area (Å²) in [6.07, 6.45) is 4.45. The van der Waals surface area contributed by atoms with E-state index in [4.69, 9.17) is 0 Å². The molecule has 0 bridgehead atoms. The first-order chi connectivity index (χ1) is 10.8. The van der Waals surface area contributed by atoms with Crippen LogP contribution in [0.15, 0.2) is 30.3 Å². The molecule has 0 saturated carbocycles. The Labute approximate surface area is 143 Å². The highest BCUT2D eigenvalue weighted by atomic mass is 35.5. The van der Waals surface area contributed by atoms with Crippen LogP contribution in [0.5, 0.6) is 0 Å². The number of piperidine rings is 1. The molecular formula is C19H23ClN2O. The second-order valence-corrected chi connectivity index (χ2v) is 6.49. The Morgan fingerprint density at radius 3 is 2.74 bits per heavy atom. The van der Waals surface area contributed by atoms with E-state index in [9.17, 15) is 4.79 Å². The van der Waals surface area contributed by atoms with Crippen LogP contribution in [0, 0.1) is 0 Å². The van der Waals surface area contributed by atoms with Gasteiger partial charge in [0.2, 0.25) is 0 Å². The van der Waals surface area contributed by atoms with Crippen LogP contribution < -0.4 is 5.32 Å². The zero-order valence-electron chi connectivity index (χ0n) is 13.5. The molecule has 1 atom stereocenters. The first kappa shape index (κ1) is 16.3. The van der Waals surface area contributed by atoms with Crippen molar-refractivity contribution in [1.82, 2.24) is 10.2 Å². The second-order valence-electron chi connectivity index (χ2n) is 6.49. The Balaban J connectivity index is 0.00000156. The van der Waals surface area contributed by atoms with Crippen LogP contribution >= 0.6 is 12.4 Å². The van der Waals surface area contributed by atoms with E-state index in [1.807, 2.05) is 18.0 Å². The minimum Gasteiger partial charge on any atom is -0.337 e. The zero-order chi connectivity index (χ0) is 15.1. The van der Waals surface area contributed by atoms with Crippen molar-refractivity contribution in [3.8, 4) is 0 Å². The van der Waals surface area contributed by atoms with E-state index in [0.29, 0.717) is 6.04 Å². The highest BCUT2D eigenvalue weighted by molar-refractivity contribution is 6.09. The van der Waals surface area contributed by atoms with E-state index in [0.717, 1.165) is 49.7 Å². The van der Waals surface area contributed by atoms with Gasteiger partial charge in [0.1, 0.15) is 0 Å². The van der Waals surface area contributed by atoms with Gasteiger partial charge in [0.25, 0.3) is 5.91 Å². The lowest BCUT2D eigenvalue weighted by Crippen LogP contribution is -2.47. The quantitative estimate of drug-likeness (QED) is 0.917. The number of rotatable bonds is 2. The van der Waals surface area contributed by atoms with Gasteiger partial charge in [-0.3, -0.25) is 4.79 Å². The van der Waals surface area contributed by atoms with Crippen molar-refractivity contribution in [2.45, 2.75) is 31.7 Å². The lowest BCUT2D eigenvalue weighted by Gasteiger charge is -2.33. The number of likely N-dealkylation sites (tertiary alicyclic amines) is 1. The topological polar surface area (TPSA) is 32.3 Å². The number of nitrogens with one attached hydrogen (secondary N) is 1. The SMILES string of the molecule is CNC1CCCN(C(=O)c2ccc3c4c(cccc24)CC3)C1.Cl. The van der Waals surface area contributed by atoms with E-state index in [1.165, 1.54) is 16.5 Å². The van der Waals surface area contributed by atoms with Crippen molar-refractivity contribution in [3.05, 3.63) is 47.0 Å². The number of hydrogen-bond donors (Lipinski definition) is 1. The van der Waals surface area contributed by atoms with Crippen molar-refractivity contribution in [3.63, 3.8) is 0 Å². The number of halogens is 1. The van der Waals surface area contributed by atoms with Crippen molar-refractivity contribution in [2.24, 2.45) is 0 Å². The Kier molecular flexibility index (Phi) is 4.60. The number of amides is 1. The minimum absolute atomic E-state index is 0. The molecule has 1 N–H and O–H groups in total. The van der Waals surface area contributed by atoms with Gasteiger partial charge >= 0.3 is 0 Å². The van der Waals surface area contributed by atoms with Crippen molar-refractivity contribution in [2.75, 3.05) is 20.1 Å². The van der Waals surface area contributed by atoms with Gasteiger partial charge < -0.3 is 10.2 Å². The normalized spacial score (nSPS) is 19.7. The second kappa shape index (κ2) is 6.50. The van der Waals surface area contributed by atoms with Crippen LogP contribution in [0.25, 0.3) is 10.8 Å². The van der Waals surface area contributed by atoms with Crippen LogP contribution in [0.2, 0.25) is 0 Å². The Bertz CT molecular complexity index is 733. The van der Waals surface area contributed by atoms with E-state index in [-0.39, 0.29) is 18.3 Å².